The molecule has 1 aliphatic rings. The summed E-state index contributed by atoms with van der Waals surface area (Å²) in [4.78, 5) is 16.7. The van der Waals surface area contributed by atoms with Crippen molar-refractivity contribution in [1.29, 1.82) is 0 Å². The molecular formula is C18H18ClN5O. The molecule has 1 fully saturated rings. The molecule has 6 nitrogen and oxygen atoms in total. The number of carbonyl (C=O) groups excluding carboxylic acids is 1. The van der Waals surface area contributed by atoms with E-state index >= 15 is 0 Å². The summed E-state index contributed by atoms with van der Waals surface area (Å²) in [5.74, 6) is 0.850. The Bertz CT molecular complexity index is 895. The number of fused-ring (bicyclic) bond motifs is 1. The highest BCUT2D eigenvalue weighted by Crippen LogP contribution is 2.19. The Morgan fingerprint density at radius 3 is 2.64 bits per heavy atom. The van der Waals surface area contributed by atoms with Crippen molar-refractivity contribution < 1.29 is 4.79 Å². The zero-order valence-corrected chi connectivity index (χ0v) is 14.4. The lowest BCUT2D eigenvalue weighted by Gasteiger charge is -2.22. The van der Waals surface area contributed by atoms with E-state index in [0.717, 1.165) is 36.7 Å². The molecule has 1 aliphatic heterocycles. The normalized spacial score (nSPS) is 15.4. The first kappa shape index (κ1) is 15.9. The van der Waals surface area contributed by atoms with E-state index in [2.05, 4.69) is 15.1 Å². The number of amides is 1. The summed E-state index contributed by atoms with van der Waals surface area (Å²) in [7, 11) is 0. The van der Waals surface area contributed by atoms with Crippen LogP contribution in [0.15, 0.2) is 48.7 Å². The van der Waals surface area contributed by atoms with E-state index in [9.17, 15) is 4.79 Å². The highest BCUT2D eigenvalue weighted by Gasteiger charge is 2.22. The van der Waals surface area contributed by atoms with E-state index in [-0.39, 0.29) is 5.91 Å². The van der Waals surface area contributed by atoms with Gasteiger partial charge in [-0.2, -0.15) is 0 Å². The lowest BCUT2D eigenvalue weighted by molar-refractivity contribution is 0.0767. The second-order valence-corrected chi connectivity index (χ2v) is 6.51. The van der Waals surface area contributed by atoms with Crippen LogP contribution in [0.4, 0.5) is 5.95 Å². The Labute approximate surface area is 150 Å². The third-order valence-electron chi connectivity index (χ3n) is 4.43. The SMILES string of the molecule is O=C(c1ccccc1)N1CCCN(c2nnc3ccc(Cl)cn23)CC1. The molecule has 7 heteroatoms. The van der Waals surface area contributed by atoms with Crippen molar-refractivity contribution in [2.24, 2.45) is 0 Å². The first-order chi connectivity index (χ1) is 12.2. The number of aromatic nitrogens is 3. The summed E-state index contributed by atoms with van der Waals surface area (Å²) in [6, 6.07) is 13.1. The molecule has 0 saturated carbocycles. The minimum atomic E-state index is 0.0802. The maximum atomic E-state index is 12.7. The average molecular weight is 356 g/mol. The zero-order chi connectivity index (χ0) is 17.2. The molecule has 0 radical (unpaired) electrons. The molecule has 0 unspecified atom stereocenters. The second kappa shape index (κ2) is 6.72. The predicted octanol–water partition coefficient (Wildman–Crippen LogP) is 2.74. The Balaban J connectivity index is 1.53. The van der Waals surface area contributed by atoms with Gasteiger partial charge in [0.25, 0.3) is 5.91 Å². The summed E-state index contributed by atoms with van der Waals surface area (Å²) in [5.41, 5.74) is 1.50. The minimum Gasteiger partial charge on any atom is -0.339 e. The number of nitrogens with zero attached hydrogens (tertiary/aromatic N) is 5. The van der Waals surface area contributed by atoms with Crippen molar-refractivity contribution in [3.63, 3.8) is 0 Å². The van der Waals surface area contributed by atoms with E-state index in [0.29, 0.717) is 18.1 Å². The van der Waals surface area contributed by atoms with Gasteiger partial charge in [-0.15, -0.1) is 10.2 Å². The Morgan fingerprint density at radius 1 is 0.960 bits per heavy atom. The molecule has 2 aromatic heterocycles. The van der Waals surface area contributed by atoms with Crippen LogP contribution in [0.25, 0.3) is 5.65 Å². The van der Waals surface area contributed by atoms with Gasteiger partial charge in [0.2, 0.25) is 5.95 Å². The van der Waals surface area contributed by atoms with Crippen LogP contribution in [0.2, 0.25) is 5.02 Å². The summed E-state index contributed by atoms with van der Waals surface area (Å²) in [6.45, 7) is 2.93. The van der Waals surface area contributed by atoms with Crippen molar-refractivity contribution in [2.45, 2.75) is 6.42 Å². The fourth-order valence-corrected chi connectivity index (χ4v) is 3.31. The van der Waals surface area contributed by atoms with Gasteiger partial charge < -0.3 is 9.80 Å². The highest BCUT2D eigenvalue weighted by atomic mass is 35.5. The third kappa shape index (κ3) is 3.17. The van der Waals surface area contributed by atoms with Crippen LogP contribution in [0.1, 0.15) is 16.8 Å². The van der Waals surface area contributed by atoms with Crippen LogP contribution in [0.5, 0.6) is 0 Å². The van der Waals surface area contributed by atoms with Crippen LogP contribution < -0.4 is 4.90 Å². The molecule has 25 heavy (non-hydrogen) atoms. The van der Waals surface area contributed by atoms with Crippen LogP contribution in [-0.2, 0) is 0 Å². The maximum Gasteiger partial charge on any atom is 0.253 e. The van der Waals surface area contributed by atoms with Gasteiger partial charge in [0.15, 0.2) is 5.65 Å². The van der Waals surface area contributed by atoms with Crippen LogP contribution >= 0.6 is 11.6 Å². The number of rotatable bonds is 2. The third-order valence-corrected chi connectivity index (χ3v) is 4.66. The number of carbonyl (C=O) groups is 1. The molecule has 0 atom stereocenters. The summed E-state index contributed by atoms with van der Waals surface area (Å²) in [5, 5.41) is 9.15. The standard InChI is InChI=1S/C18H18ClN5O/c19-15-7-8-16-20-21-18(24(16)13-15)23-10-4-9-22(11-12-23)17(25)14-5-2-1-3-6-14/h1-3,5-8,13H,4,9-12H2. The molecule has 3 heterocycles. The average Bonchev–Trinajstić information content (AvgIpc) is 2.90. The molecule has 1 aromatic carbocycles. The molecule has 0 spiro atoms. The van der Waals surface area contributed by atoms with E-state index in [1.807, 2.05) is 51.9 Å². The fourth-order valence-electron chi connectivity index (χ4n) is 3.15. The smallest absolute Gasteiger partial charge is 0.253 e. The Hall–Kier alpha value is -2.60. The second-order valence-electron chi connectivity index (χ2n) is 6.07. The molecular weight excluding hydrogens is 338 g/mol. The van der Waals surface area contributed by atoms with Gasteiger partial charge >= 0.3 is 0 Å². The zero-order valence-electron chi connectivity index (χ0n) is 13.7. The topological polar surface area (TPSA) is 53.7 Å². The fraction of sp³-hybridized carbons (Fsp3) is 0.278. The van der Waals surface area contributed by atoms with Gasteiger partial charge in [-0.05, 0) is 30.7 Å². The molecule has 4 rings (SSSR count). The van der Waals surface area contributed by atoms with E-state index in [1.165, 1.54) is 0 Å². The maximum absolute atomic E-state index is 12.7. The Kier molecular flexibility index (Phi) is 4.28. The summed E-state index contributed by atoms with van der Waals surface area (Å²) in [6.07, 6.45) is 2.71. The lowest BCUT2D eigenvalue weighted by atomic mass is 10.2. The molecule has 0 aliphatic carbocycles. The van der Waals surface area contributed by atoms with Crippen LogP contribution in [0.3, 0.4) is 0 Å². The van der Waals surface area contributed by atoms with Crippen molar-refractivity contribution in [3.05, 3.63) is 59.2 Å². The quantitative estimate of drug-likeness (QED) is 0.709. The van der Waals surface area contributed by atoms with Gasteiger partial charge in [0.1, 0.15) is 0 Å². The number of anilines is 1. The van der Waals surface area contributed by atoms with Gasteiger partial charge in [0.05, 0.1) is 5.02 Å². The number of pyridine rings is 1. The molecule has 3 aromatic rings. The van der Waals surface area contributed by atoms with E-state index < -0.39 is 0 Å². The van der Waals surface area contributed by atoms with Crippen molar-refractivity contribution in [2.75, 3.05) is 31.1 Å². The molecule has 0 bridgehead atoms. The largest absolute Gasteiger partial charge is 0.339 e. The van der Waals surface area contributed by atoms with E-state index in [1.54, 1.807) is 6.07 Å². The van der Waals surface area contributed by atoms with Gasteiger partial charge in [0, 0.05) is 37.9 Å². The minimum absolute atomic E-state index is 0.0802. The van der Waals surface area contributed by atoms with Gasteiger partial charge in [-0.1, -0.05) is 29.8 Å². The molecule has 1 saturated heterocycles. The predicted molar refractivity (Wildman–Crippen MR) is 97.2 cm³/mol. The molecule has 128 valence electrons. The monoisotopic (exact) mass is 355 g/mol. The van der Waals surface area contributed by atoms with Gasteiger partial charge in [-0.3, -0.25) is 9.20 Å². The first-order valence-corrected chi connectivity index (χ1v) is 8.70. The van der Waals surface area contributed by atoms with E-state index in [4.69, 9.17) is 11.6 Å². The number of hydrogen-bond acceptors (Lipinski definition) is 4. The lowest BCUT2D eigenvalue weighted by Crippen LogP contribution is -2.35. The van der Waals surface area contributed by atoms with Crippen molar-refractivity contribution in [3.8, 4) is 0 Å². The van der Waals surface area contributed by atoms with Crippen molar-refractivity contribution >= 4 is 29.1 Å². The first-order valence-electron chi connectivity index (χ1n) is 8.32. The highest BCUT2D eigenvalue weighted by molar-refractivity contribution is 6.30. The number of halogens is 1. The summed E-state index contributed by atoms with van der Waals surface area (Å²) >= 11 is 6.10. The summed E-state index contributed by atoms with van der Waals surface area (Å²) < 4.78 is 1.90. The van der Waals surface area contributed by atoms with Crippen LogP contribution in [0, 0.1) is 0 Å². The molecule has 0 N–H and O–H groups in total. The van der Waals surface area contributed by atoms with Crippen LogP contribution in [-0.4, -0.2) is 51.6 Å². The Morgan fingerprint density at radius 2 is 1.80 bits per heavy atom. The number of hydrogen-bond donors (Lipinski definition) is 0. The van der Waals surface area contributed by atoms with Crippen molar-refractivity contribution in [1.82, 2.24) is 19.5 Å². The number of benzene rings is 1. The van der Waals surface area contributed by atoms with Gasteiger partial charge in [-0.25, -0.2) is 0 Å². The molecule has 1 amide bonds.